The van der Waals surface area contributed by atoms with E-state index in [1.54, 1.807) is 0 Å². The Morgan fingerprint density at radius 2 is 2.41 bits per heavy atom. The van der Waals surface area contributed by atoms with Crippen LogP contribution >= 0.6 is 0 Å². The van der Waals surface area contributed by atoms with E-state index in [9.17, 15) is 0 Å². The van der Waals surface area contributed by atoms with Crippen LogP contribution in [0.25, 0.3) is 0 Å². The molecule has 1 N–H and O–H groups in total. The van der Waals surface area contributed by atoms with E-state index in [1.165, 1.54) is 5.57 Å². The molecule has 1 unspecified atom stereocenters. The molecule has 17 heavy (non-hydrogen) atoms. The summed E-state index contributed by atoms with van der Waals surface area (Å²) in [5, 5.41) is 3.46. The van der Waals surface area contributed by atoms with Gasteiger partial charge in [-0.3, -0.25) is 0 Å². The van der Waals surface area contributed by atoms with Gasteiger partial charge in [0.25, 0.3) is 0 Å². The van der Waals surface area contributed by atoms with Gasteiger partial charge in [0.05, 0.1) is 24.6 Å². The highest BCUT2D eigenvalue weighted by Gasteiger charge is 2.19. The second-order valence-corrected chi connectivity index (χ2v) is 4.19. The number of hydrogen-bond donors (Lipinski definition) is 1. The van der Waals surface area contributed by atoms with Crippen LogP contribution in [0.4, 0.5) is 0 Å². The SMILES string of the molecule is CCNC(C1=COCCC1)c1ccnc(C)n1. The maximum Gasteiger partial charge on any atom is 0.125 e. The topological polar surface area (TPSA) is 47.0 Å². The molecule has 0 amide bonds. The molecular weight excluding hydrogens is 214 g/mol. The molecule has 1 aromatic rings. The lowest BCUT2D eigenvalue weighted by Gasteiger charge is -2.23. The summed E-state index contributed by atoms with van der Waals surface area (Å²) < 4.78 is 5.42. The highest BCUT2D eigenvalue weighted by molar-refractivity contribution is 5.21. The van der Waals surface area contributed by atoms with E-state index in [2.05, 4.69) is 22.2 Å². The molecule has 0 saturated carbocycles. The average Bonchev–Trinajstić information content (AvgIpc) is 2.37. The van der Waals surface area contributed by atoms with Crippen molar-refractivity contribution in [2.45, 2.75) is 32.7 Å². The van der Waals surface area contributed by atoms with Crippen LogP contribution in [-0.4, -0.2) is 23.1 Å². The molecule has 1 aromatic heterocycles. The maximum absolute atomic E-state index is 5.42. The predicted octanol–water partition coefficient (Wildman–Crippen LogP) is 2.13. The Morgan fingerprint density at radius 1 is 1.53 bits per heavy atom. The van der Waals surface area contributed by atoms with Gasteiger partial charge >= 0.3 is 0 Å². The van der Waals surface area contributed by atoms with Gasteiger partial charge < -0.3 is 10.1 Å². The van der Waals surface area contributed by atoms with E-state index in [4.69, 9.17) is 4.74 Å². The minimum atomic E-state index is 0.155. The average molecular weight is 233 g/mol. The molecule has 0 radical (unpaired) electrons. The molecule has 1 aliphatic heterocycles. The fourth-order valence-corrected chi connectivity index (χ4v) is 2.06. The Bertz CT molecular complexity index is 403. The molecule has 0 aliphatic carbocycles. The molecule has 1 atom stereocenters. The number of hydrogen-bond acceptors (Lipinski definition) is 4. The van der Waals surface area contributed by atoms with Crippen molar-refractivity contribution in [3.8, 4) is 0 Å². The van der Waals surface area contributed by atoms with E-state index in [0.717, 1.165) is 37.5 Å². The molecule has 0 saturated heterocycles. The summed E-state index contributed by atoms with van der Waals surface area (Å²) in [6.07, 6.45) is 5.85. The van der Waals surface area contributed by atoms with Crippen LogP contribution in [0.15, 0.2) is 24.1 Å². The first kappa shape index (κ1) is 12.0. The second-order valence-electron chi connectivity index (χ2n) is 4.19. The van der Waals surface area contributed by atoms with Crippen molar-refractivity contribution in [2.24, 2.45) is 0 Å². The highest BCUT2D eigenvalue weighted by atomic mass is 16.5. The summed E-state index contributed by atoms with van der Waals surface area (Å²) >= 11 is 0. The predicted molar refractivity (Wildman–Crippen MR) is 66.5 cm³/mol. The summed E-state index contributed by atoms with van der Waals surface area (Å²) in [5.41, 5.74) is 2.30. The molecule has 0 bridgehead atoms. The van der Waals surface area contributed by atoms with Crippen molar-refractivity contribution in [1.82, 2.24) is 15.3 Å². The quantitative estimate of drug-likeness (QED) is 0.865. The Hall–Kier alpha value is -1.42. The molecule has 0 fully saturated rings. The molecule has 4 nitrogen and oxygen atoms in total. The Labute approximate surface area is 102 Å². The zero-order valence-electron chi connectivity index (χ0n) is 10.4. The summed E-state index contributed by atoms with van der Waals surface area (Å²) in [5.74, 6) is 0.808. The molecule has 0 aromatic carbocycles. The first-order valence-corrected chi connectivity index (χ1v) is 6.14. The lowest BCUT2D eigenvalue weighted by Crippen LogP contribution is -2.25. The minimum Gasteiger partial charge on any atom is -0.501 e. The monoisotopic (exact) mass is 233 g/mol. The van der Waals surface area contributed by atoms with Gasteiger partial charge in [0, 0.05) is 6.20 Å². The lowest BCUT2D eigenvalue weighted by atomic mass is 9.99. The lowest BCUT2D eigenvalue weighted by molar-refractivity contribution is 0.219. The standard InChI is InChI=1S/C13H19N3O/c1-3-14-13(11-5-4-8-17-9-11)12-6-7-15-10(2)16-12/h6-7,9,13-14H,3-5,8H2,1-2H3. The van der Waals surface area contributed by atoms with E-state index in [0.29, 0.717) is 0 Å². The van der Waals surface area contributed by atoms with Crippen LogP contribution in [0.2, 0.25) is 0 Å². The fourth-order valence-electron chi connectivity index (χ4n) is 2.06. The summed E-state index contributed by atoms with van der Waals surface area (Å²) in [6, 6.07) is 2.12. The number of rotatable bonds is 4. The zero-order valence-corrected chi connectivity index (χ0v) is 10.4. The Kier molecular flexibility index (Phi) is 4.09. The smallest absolute Gasteiger partial charge is 0.125 e. The van der Waals surface area contributed by atoms with E-state index in [-0.39, 0.29) is 6.04 Å². The fraction of sp³-hybridized carbons (Fsp3) is 0.538. The van der Waals surface area contributed by atoms with Crippen molar-refractivity contribution in [2.75, 3.05) is 13.2 Å². The van der Waals surface area contributed by atoms with Gasteiger partial charge in [0.1, 0.15) is 5.82 Å². The minimum absolute atomic E-state index is 0.155. The van der Waals surface area contributed by atoms with Gasteiger partial charge in [-0.05, 0) is 37.9 Å². The molecular formula is C13H19N3O. The van der Waals surface area contributed by atoms with Crippen LogP contribution in [0.3, 0.4) is 0 Å². The van der Waals surface area contributed by atoms with Crippen LogP contribution < -0.4 is 5.32 Å². The molecule has 2 heterocycles. The van der Waals surface area contributed by atoms with Crippen molar-refractivity contribution in [1.29, 1.82) is 0 Å². The van der Waals surface area contributed by atoms with Crippen molar-refractivity contribution >= 4 is 0 Å². The number of ether oxygens (including phenoxy) is 1. The third-order valence-electron chi connectivity index (χ3n) is 2.83. The number of aromatic nitrogens is 2. The number of aryl methyl sites for hydroxylation is 1. The number of likely N-dealkylation sites (N-methyl/N-ethyl adjacent to an activating group) is 1. The van der Waals surface area contributed by atoms with Crippen molar-refractivity contribution < 1.29 is 4.74 Å². The van der Waals surface area contributed by atoms with Gasteiger partial charge in [-0.25, -0.2) is 9.97 Å². The van der Waals surface area contributed by atoms with Crippen LogP contribution in [0.5, 0.6) is 0 Å². The molecule has 4 heteroatoms. The molecule has 1 aliphatic rings. The molecule has 92 valence electrons. The zero-order chi connectivity index (χ0) is 12.1. The van der Waals surface area contributed by atoms with Gasteiger partial charge in [-0.15, -0.1) is 0 Å². The Balaban J connectivity index is 2.24. The first-order chi connectivity index (χ1) is 8.31. The third-order valence-corrected chi connectivity index (χ3v) is 2.83. The molecule has 0 spiro atoms. The van der Waals surface area contributed by atoms with Gasteiger partial charge in [-0.2, -0.15) is 0 Å². The second kappa shape index (κ2) is 5.77. The van der Waals surface area contributed by atoms with Crippen LogP contribution in [0, 0.1) is 6.92 Å². The first-order valence-electron chi connectivity index (χ1n) is 6.14. The van der Waals surface area contributed by atoms with Crippen LogP contribution in [-0.2, 0) is 4.74 Å². The largest absolute Gasteiger partial charge is 0.501 e. The highest BCUT2D eigenvalue weighted by Crippen LogP contribution is 2.26. The van der Waals surface area contributed by atoms with E-state index in [1.807, 2.05) is 25.4 Å². The van der Waals surface area contributed by atoms with Gasteiger partial charge in [0.15, 0.2) is 0 Å². The van der Waals surface area contributed by atoms with Crippen molar-refractivity contribution in [3.63, 3.8) is 0 Å². The molecule has 2 rings (SSSR count). The summed E-state index contributed by atoms with van der Waals surface area (Å²) in [4.78, 5) is 8.64. The van der Waals surface area contributed by atoms with Gasteiger partial charge in [-0.1, -0.05) is 6.92 Å². The Morgan fingerprint density at radius 3 is 3.06 bits per heavy atom. The number of nitrogens with one attached hydrogen (secondary N) is 1. The van der Waals surface area contributed by atoms with Crippen LogP contribution in [0.1, 0.15) is 37.3 Å². The normalized spacial score (nSPS) is 17.2. The third kappa shape index (κ3) is 3.03. The van der Waals surface area contributed by atoms with Crippen molar-refractivity contribution in [3.05, 3.63) is 35.6 Å². The van der Waals surface area contributed by atoms with E-state index < -0.39 is 0 Å². The number of nitrogens with zero attached hydrogens (tertiary/aromatic N) is 2. The summed E-state index contributed by atoms with van der Waals surface area (Å²) in [6.45, 7) is 5.75. The van der Waals surface area contributed by atoms with Gasteiger partial charge in [0.2, 0.25) is 0 Å². The maximum atomic E-state index is 5.42. The summed E-state index contributed by atoms with van der Waals surface area (Å²) in [7, 11) is 0. The van der Waals surface area contributed by atoms with E-state index >= 15 is 0 Å².